The first-order valence-electron chi connectivity index (χ1n) is 8.03. The summed E-state index contributed by atoms with van der Waals surface area (Å²) in [5.74, 6) is 2.68. The molecular weight excluding hydrogens is 266 g/mol. The zero-order valence-electron chi connectivity index (χ0n) is 12.9. The summed E-state index contributed by atoms with van der Waals surface area (Å²) in [6.07, 6.45) is 8.63. The zero-order chi connectivity index (χ0) is 14.7. The van der Waals surface area contributed by atoms with Crippen molar-refractivity contribution >= 4 is 5.82 Å². The standard InChI is InChI=1S/C16H25N3O2/c1-11(2)10-21-16-9-17-8-15(19-16)18-13-5-6-20-14(7-13)12-3-4-12/h8-9,11-14H,3-7,10H2,1-2H3,(H,18,19). The van der Waals surface area contributed by atoms with Crippen molar-refractivity contribution in [2.24, 2.45) is 11.8 Å². The second-order valence-corrected chi connectivity index (χ2v) is 6.56. The molecule has 1 saturated heterocycles. The van der Waals surface area contributed by atoms with Gasteiger partial charge in [-0.2, -0.15) is 4.98 Å². The number of anilines is 1. The number of nitrogens with zero attached hydrogens (tertiary/aromatic N) is 2. The van der Waals surface area contributed by atoms with Crippen LogP contribution in [0.2, 0.25) is 0 Å². The predicted molar refractivity (Wildman–Crippen MR) is 81.5 cm³/mol. The van der Waals surface area contributed by atoms with E-state index in [9.17, 15) is 0 Å². The van der Waals surface area contributed by atoms with Crippen LogP contribution in [0.4, 0.5) is 5.82 Å². The van der Waals surface area contributed by atoms with E-state index < -0.39 is 0 Å². The summed E-state index contributed by atoms with van der Waals surface area (Å²) in [6, 6.07) is 0.430. The normalized spacial score (nSPS) is 25.9. The molecule has 1 aliphatic carbocycles. The molecule has 0 bridgehead atoms. The van der Waals surface area contributed by atoms with Crippen LogP contribution in [0, 0.1) is 11.8 Å². The first kappa shape index (κ1) is 14.6. The third kappa shape index (κ3) is 4.30. The molecule has 0 aromatic carbocycles. The second-order valence-electron chi connectivity index (χ2n) is 6.56. The van der Waals surface area contributed by atoms with Gasteiger partial charge in [-0.1, -0.05) is 13.8 Å². The average molecular weight is 291 g/mol. The van der Waals surface area contributed by atoms with E-state index in [0.29, 0.717) is 30.6 Å². The Morgan fingerprint density at radius 3 is 2.95 bits per heavy atom. The van der Waals surface area contributed by atoms with Crippen LogP contribution in [-0.4, -0.2) is 35.3 Å². The van der Waals surface area contributed by atoms with Gasteiger partial charge < -0.3 is 14.8 Å². The van der Waals surface area contributed by atoms with Crippen molar-refractivity contribution in [2.45, 2.75) is 51.7 Å². The maximum Gasteiger partial charge on any atom is 0.234 e. The molecule has 21 heavy (non-hydrogen) atoms. The Kier molecular flexibility index (Phi) is 4.58. The van der Waals surface area contributed by atoms with Crippen LogP contribution in [-0.2, 0) is 4.74 Å². The minimum absolute atomic E-state index is 0.430. The number of rotatable bonds is 6. The van der Waals surface area contributed by atoms with Crippen LogP contribution in [0.1, 0.15) is 39.5 Å². The predicted octanol–water partition coefficient (Wildman–Crippen LogP) is 2.88. The lowest BCUT2D eigenvalue weighted by Crippen LogP contribution is -2.35. The topological polar surface area (TPSA) is 56.3 Å². The van der Waals surface area contributed by atoms with E-state index in [-0.39, 0.29) is 0 Å². The minimum Gasteiger partial charge on any atom is -0.476 e. The van der Waals surface area contributed by atoms with E-state index in [4.69, 9.17) is 9.47 Å². The molecule has 2 unspecified atom stereocenters. The summed E-state index contributed by atoms with van der Waals surface area (Å²) in [7, 11) is 0. The van der Waals surface area contributed by atoms with Crippen LogP contribution >= 0.6 is 0 Å². The second kappa shape index (κ2) is 6.60. The van der Waals surface area contributed by atoms with Crippen molar-refractivity contribution in [1.29, 1.82) is 0 Å². The molecule has 0 amide bonds. The van der Waals surface area contributed by atoms with Crippen LogP contribution in [0.25, 0.3) is 0 Å². The molecule has 3 rings (SSSR count). The molecule has 5 heteroatoms. The zero-order valence-corrected chi connectivity index (χ0v) is 12.9. The first-order chi connectivity index (χ1) is 10.2. The Morgan fingerprint density at radius 2 is 2.19 bits per heavy atom. The van der Waals surface area contributed by atoms with Gasteiger partial charge in [0.05, 0.1) is 25.1 Å². The Morgan fingerprint density at radius 1 is 1.33 bits per heavy atom. The van der Waals surface area contributed by atoms with Gasteiger partial charge in [0, 0.05) is 12.6 Å². The van der Waals surface area contributed by atoms with Gasteiger partial charge in [-0.3, -0.25) is 4.98 Å². The molecule has 1 N–H and O–H groups in total. The number of aromatic nitrogens is 2. The lowest BCUT2D eigenvalue weighted by atomic mass is 10.0. The lowest BCUT2D eigenvalue weighted by Gasteiger charge is -2.30. The van der Waals surface area contributed by atoms with Gasteiger partial charge in [-0.15, -0.1) is 0 Å². The van der Waals surface area contributed by atoms with E-state index in [1.54, 1.807) is 12.4 Å². The molecule has 0 radical (unpaired) electrons. The number of ether oxygens (including phenoxy) is 2. The van der Waals surface area contributed by atoms with Crippen molar-refractivity contribution in [3.05, 3.63) is 12.4 Å². The van der Waals surface area contributed by atoms with Gasteiger partial charge in [0.25, 0.3) is 0 Å². The van der Waals surface area contributed by atoms with E-state index in [1.165, 1.54) is 12.8 Å². The van der Waals surface area contributed by atoms with Crippen LogP contribution < -0.4 is 10.1 Å². The maximum atomic E-state index is 5.86. The lowest BCUT2D eigenvalue weighted by molar-refractivity contribution is -0.00224. The fourth-order valence-electron chi connectivity index (χ4n) is 2.70. The van der Waals surface area contributed by atoms with Crippen molar-refractivity contribution in [1.82, 2.24) is 9.97 Å². The third-order valence-electron chi connectivity index (χ3n) is 3.99. The Balaban J connectivity index is 1.55. The smallest absolute Gasteiger partial charge is 0.234 e. The van der Waals surface area contributed by atoms with Gasteiger partial charge in [-0.25, -0.2) is 0 Å². The summed E-state index contributed by atoms with van der Waals surface area (Å²) >= 11 is 0. The molecule has 5 nitrogen and oxygen atoms in total. The fourth-order valence-corrected chi connectivity index (χ4v) is 2.70. The van der Waals surface area contributed by atoms with E-state index in [2.05, 4.69) is 29.1 Å². The van der Waals surface area contributed by atoms with Crippen molar-refractivity contribution < 1.29 is 9.47 Å². The Hall–Kier alpha value is -1.36. The summed E-state index contributed by atoms with van der Waals surface area (Å²) < 4.78 is 11.5. The van der Waals surface area contributed by atoms with Gasteiger partial charge in [0.1, 0.15) is 5.82 Å². The quantitative estimate of drug-likeness (QED) is 0.873. The molecule has 1 aromatic rings. The van der Waals surface area contributed by atoms with Crippen LogP contribution in [0.3, 0.4) is 0 Å². The van der Waals surface area contributed by atoms with E-state index >= 15 is 0 Å². The van der Waals surface area contributed by atoms with Crippen LogP contribution in [0.15, 0.2) is 12.4 Å². The Bertz CT molecular complexity index is 463. The van der Waals surface area contributed by atoms with Crippen LogP contribution in [0.5, 0.6) is 5.88 Å². The molecule has 0 spiro atoms. The molecular formula is C16H25N3O2. The molecule has 2 atom stereocenters. The van der Waals surface area contributed by atoms with Crippen molar-refractivity contribution in [3.63, 3.8) is 0 Å². The third-order valence-corrected chi connectivity index (χ3v) is 3.99. The van der Waals surface area contributed by atoms with Crippen molar-refractivity contribution in [3.8, 4) is 5.88 Å². The van der Waals surface area contributed by atoms with E-state index in [1.807, 2.05) is 0 Å². The molecule has 1 saturated carbocycles. The highest BCUT2D eigenvalue weighted by atomic mass is 16.5. The highest BCUT2D eigenvalue weighted by molar-refractivity contribution is 5.34. The summed E-state index contributed by atoms with van der Waals surface area (Å²) in [4.78, 5) is 8.70. The van der Waals surface area contributed by atoms with Gasteiger partial charge in [0.15, 0.2) is 0 Å². The molecule has 1 aromatic heterocycles. The summed E-state index contributed by atoms with van der Waals surface area (Å²) in [5, 5.41) is 3.49. The molecule has 2 fully saturated rings. The molecule has 2 aliphatic rings. The summed E-state index contributed by atoms with van der Waals surface area (Å²) in [6.45, 7) is 5.75. The number of hydrogen-bond acceptors (Lipinski definition) is 5. The highest BCUT2D eigenvalue weighted by Crippen LogP contribution is 2.38. The fraction of sp³-hybridized carbons (Fsp3) is 0.750. The minimum atomic E-state index is 0.430. The number of nitrogens with one attached hydrogen (secondary N) is 1. The van der Waals surface area contributed by atoms with Crippen molar-refractivity contribution in [2.75, 3.05) is 18.5 Å². The first-order valence-corrected chi connectivity index (χ1v) is 8.03. The largest absolute Gasteiger partial charge is 0.476 e. The molecule has 2 heterocycles. The van der Waals surface area contributed by atoms with Gasteiger partial charge in [0.2, 0.25) is 5.88 Å². The van der Waals surface area contributed by atoms with E-state index in [0.717, 1.165) is 31.2 Å². The average Bonchev–Trinajstić information content (AvgIpc) is 3.30. The highest BCUT2D eigenvalue weighted by Gasteiger charge is 2.35. The number of hydrogen-bond donors (Lipinski definition) is 1. The Labute approximate surface area is 126 Å². The SMILES string of the molecule is CC(C)COc1cncc(NC2CCOC(C3CC3)C2)n1. The molecule has 116 valence electrons. The summed E-state index contributed by atoms with van der Waals surface area (Å²) in [5.41, 5.74) is 0. The van der Waals surface area contributed by atoms with Gasteiger partial charge in [-0.05, 0) is 37.5 Å². The monoisotopic (exact) mass is 291 g/mol. The molecule has 1 aliphatic heterocycles. The van der Waals surface area contributed by atoms with Gasteiger partial charge >= 0.3 is 0 Å². The maximum absolute atomic E-state index is 5.86.